The molecule has 1 fully saturated rings. The highest BCUT2D eigenvalue weighted by Crippen LogP contribution is 2.25. The lowest BCUT2D eigenvalue weighted by Crippen LogP contribution is -2.52. The highest BCUT2D eigenvalue weighted by Gasteiger charge is 2.21. The van der Waals surface area contributed by atoms with E-state index >= 15 is 0 Å². The summed E-state index contributed by atoms with van der Waals surface area (Å²) < 4.78 is 0. The number of nitrogens with zero attached hydrogens (tertiary/aromatic N) is 2. The zero-order valence-corrected chi connectivity index (χ0v) is 14.4. The highest BCUT2D eigenvalue weighted by molar-refractivity contribution is 5.74. The molecule has 1 N–H and O–H groups in total. The molecular formula is C18H29N3O. The fourth-order valence-electron chi connectivity index (χ4n) is 2.68. The number of benzene rings is 1. The number of nitrogens with one attached hydrogen (secondary N) is 1. The van der Waals surface area contributed by atoms with Crippen LogP contribution in [0.2, 0.25) is 0 Å². The number of anilines is 1. The van der Waals surface area contributed by atoms with E-state index in [4.69, 9.17) is 0 Å². The molecule has 4 heteroatoms. The van der Waals surface area contributed by atoms with Crippen LogP contribution in [0.3, 0.4) is 0 Å². The molecule has 0 spiro atoms. The Balaban J connectivity index is 1.90. The summed E-state index contributed by atoms with van der Waals surface area (Å²) in [6.45, 7) is 12.9. The van der Waals surface area contributed by atoms with E-state index in [1.807, 2.05) is 4.90 Å². The summed E-state index contributed by atoms with van der Waals surface area (Å²) in [5, 5.41) is 2.95. The first kappa shape index (κ1) is 16.7. The quantitative estimate of drug-likeness (QED) is 0.930. The Kier molecular flexibility index (Phi) is 5.33. The van der Waals surface area contributed by atoms with Crippen LogP contribution in [-0.2, 0) is 5.41 Å². The van der Waals surface area contributed by atoms with Gasteiger partial charge in [0.05, 0.1) is 0 Å². The minimum absolute atomic E-state index is 0.0737. The summed E-state index contributed by atoms with van der Waals surface area (Å²) in [7, 11) is 0. The van der Waals surface area contributed by atoms with E-state index in [9.17, 15) is 4.79 Å². The van der Waals surface area contributed by atoms with Crippen LogP contribution in [0.15, 0.2) is 24.3 Å². The maximum atomic E-state index is 12.0. The Morgan fingerprint density at radius 2 is 1.68 bits per heavy atom. The molecule has 1 aromatic carbocycles. The third-order valence-corrected chi connectivity index (χ3v) is 4.19. The Bertz CT molecular complexity index is 482. The van der Waals surface area contributed by atoms with Crippen LogP contribution in [-0.4, -0.2) is 43.7 Å². The van der Waals surface area contributed by atoms with Crippen molar-refractivity contribution in [3.8, 4) is 0 Å². The van der Waals surface area contributed by atoms with Crippen molar-refractivity contribution >= 4 is 11.7 Å². The summed E-state index contributed by atoms with van der Waals surface area (Å²) in [5.74, 6) is 0. The fraction of sp³-hybridized carbons (Fsp3) is 0.611. The fourth-order valence-corrected chi connectivity index (χ4v) is 2.68. The molecule has 1 heterocycles. The second kappa shape index (κ2) is 7.03. The number of carbonyl (C=O) groups excluding carboxylic acids is 1. The predicted octanol–water partition coefficient (Wildman–Crippen LogP) is 3.23. The van der Waals surface area contributed by atoms with Crippen LogP contribution in [0.1, 0.15) is 39.7 Å². The smallest absolute Gasteiger partial charge is 0.317 e. The van der Waals surface area contributed by atoms with Crippen molar-refractivity contribution in [2.75, 3.05) is 37.6 Å². The van der Waals surface area contributed by atoms with Crippen molar-refractivity contribution in [1.29, 1.82) is 0 Å². The van der Waals surface area contributed by atoms with Crippen LogP contribution in [0.4, 0.5) is 10.5 Å². The second-order valence-corrected chi connectivity index (χ2v) is 7.00. The first-order valence-corrected chi connectivity index (χ1v) is 8.30. The lowest BCUT2D eigenvalue weighted by molar-refractivity contribution is 0.194. The molecule has 0 aliphatic carbocycles. The Hall–Kier alpha value is -1.71. The van der Waals surface area contributed by atoms with E-state index in [1.165, 1.54) is 11.3 Å². The lowest BCUT2D eigenvalue weighted by atomic mass is 9.87. The van der Waals surface area contributed by atoms with Crippen molar-refractivity contribution < 1.29 is 4.79 Å². The van der Waals surface area contributed by atoms with Gasteiger partial charge in [0.1, 0.15) is 0 Å². The van der Waals surface area contributed by atoms with Gasteiger partial charge >= 0.3 is 6.03 Å². The van der Waals surface area contributed by atoms with E-state index in [2.05, 4.69) is 62.2 Å². The monoisotopic (exact) mass is 303 g/mol. The van der Waals surface area contributed by atoms with Gasteiger partial charge in [-0.2, -0.15) is 0 Å². The summed E-state index contributed by atoms with van der Waals surface area (Å²) in [5.41, 5.74) is 2.80. The third kappa shape index (κ3) is 4.15. The molecule has 2 amide bonds. The van der Waals surface area contributed by atoms with Crippen LogP contribution in [0.5, 0.6) is 0 Å². The lowest BCUT2D eigenvalue weighted by Gasteiger charge is -2.36. The van der Waals surface area contributed by atoms with Gasteiger partial charge in [0, 0.05) is 38.4 Å². The van der Waals surface area contributed by atoms with Crippen molar-refractivity contribution in [3.05, 3.63) is 29.8 Å². The molecule has 1 aliphatic rings. The van der Waals surface area contributed by atoms with E-state index in [0.29, 0.717) is 0 Å². The molecule has 0 bridgehead atoms. The SMILES string of the molecule is CCCNC(=O)N1CCN(c2ccc(C(C)(C)C)cc2)CC1. The maximum absolute atomic E-state index is 12.0. The number of hydrogen-bond acceptors (Lipinski definition) is 2. The van der Waals surface area contributed by atoms with Crippen LogP contribution < -0.4 is 10.2 Å². The van der Waals surface area contributed by atoms with Gasteiger partial charge in [-0.15, -0.1) is 0 Å². The average molecular weight is 303 g/mol. The zero-order valence-electron chi connectivity index (χ0n) is 14.4. The Morgan fingerprint density at radius 1 is 1.09 bits per heavy atom. The number of amides is 2. The number of piperazine rings is 1. The van der Waals surface area contributed by atoms with Crippen LogP contribution in [0.25, 0.3) is 0 Å². The van der Waals surface area contributed by atoms with Gasteiger partial charge in [0.25, 0.3) is 0 Å². The van der Waals surface area contributed by atoms with Crippen molar-refractivity contribution in [1.82, 2.24) is 10.2 Å². The molecular weight excluding hydrogens is 274 g/mol. The molecule has 2 rings (SSSR count). The molecule has 0 saturated carbocycles. The molecule has 0 aromatic heterocycles. The maximum Gasteiger partial charge on any atom is 0.317 e. The highest BCUT2D eigenvalue weighted by atomic mass is 16.2. The van der Waals surface area contributed by atoms with Crippen molar-refractivity contribution in [3.63, 3.8) is 0 Å². The number of carbonyl (C=O) groups is 1. The zero-order chi connectivity index (χ0) is 16.2. The first-order valence-electron chi connectivity index (χ1n) is 8.30. The van der Waals surface area contributed by atoms with E-state index in [1.54, 1.807) is 0 Å². The summed E-state index contributed by atoms with van der Waals surface area (Å²) in [4.78, 5) is 16.2. The minimum Gasteiger partial charge on any atom is -0.368 e. The minimum atomic E-state index is 0.0737. The van der Waals surface area contributed by atoms with E-state index in [-0.39, 0.29) is 11.4 Å². The van der Waals surface area contributed by atoms with Crippen LogP contribution in [0, 0.1) is 0 Å². The Morgan fingerprint density at radius 3 is 2.18 bits per heavy atom. The topological polar surface area (TPSA) is 35.6 Å². The number of rotatable bonds is 3. The van der Waals surface area contributed by atoms with Gasteiger partial charge in [-0.25, -0.2) is 4.79 Å². The van der Waals surface area contributed by atoms with Crippen molar-refractivity contribution in [2.45, 2.75) is 39.5 Å². The Labute approximate surface area is 134 Å². The van der Waals surface area contributed by atoms with Gasteiger partial charge in [0.15, 0.2) is 0 Å². The molecule has 1 saturated heterocycles. The molecule has 1 aliphatic heterocycles. The average Bonchev–Trinajstić information content (AvgIpc) is 2.52. The van der Waals surface area contributed by atoms with E-state index < -0.39 is 0 Å². The molecule has 4 nitrogen and oxygen atoms in total. The van der Waals surface area contributed by atoms with Crippen LogP contribution >= 0.6 is 0 Å². The largest absolute Gasteiger partial charge is 0.368 e. The molecule has 0 atom stereocenters. The summed E-state index contributed by atoms with van der Waals surface area (Å²) in [6.07, 6.45) is 0.978. The van der Waals surface area contributed by atoms with Gasteiger partial charge in [-0.05, 0) is 29.5 Å². The third-order valence-electron chi connectivity index (χ3n) is 4.19. The van der Waals surface area contributed by atoms with Gasteiger partial charge in [-0.1, -0.05) is 39.8 Å². The summed E-state index contributed by atoms with van der Waals surface area (Å²) in [6, 6.07) is 8.91. The van der Waals surface area contributed by atoms with Gasteiger partial charge in [-0.3, -0.25) is 0 Å². The van der Waals surface area contributed by atoms with E-state index in [0.717, 1.165) is 39.1 Å². The molecule has 0 unspecified atom stereocenters. The van der Waals surface area contributed by atoms with Gasteiger partial charge < -0.3 is 15.1 Å². The summed E-state index contributed by atoms with van der Waals surface area (Å²) >= 11 is 0. The standard InChI is InChI=1S/C18H29N3O/c1-5-10-19-17(22)21-13-11-20(12-14-21)16-8-6-15(7-9-16)18(2,3)4/h6-9H,5,10-14H2,1-4H3,(H,19,22). The molecule has 22 heavy (non-hydrogen) atoms. The molecule has 122 valence electrons. The predicted molar refractivity (Wildman–Crippen MR) is 92.6 cm³/mol. The normalized spacial score (nSPS) is 15.8. The molecule has 1 aromatic rings. The number of urea groups is 1. The number of hydrogen-bond donors (Lipinski definition) is 1. The first-order chi connectivity index (χ1) is 10.4. The van der Waals surface area contributed by atoms with Crippen molar-refractivity contribution in [2.24, 2.45) is 0 Å². The molecule has 0 radical (unpaired) electrons. The second-order valence-electron chi connectivity index (χ2n) is 7.00. The van der Waals surface area contributed by atoms with Gasteiger partial charge in [0.2, 0.25) is 0 Å².